The molecule has 1 aliphatic heterocycles. The number of rotatable bonds is 5. The lowest BCUT2D eigenvalue weighted by Gasteiger charge is -2.25. The number of nitrogens with zero attached hydrogens (tertiary/aromatic N) is 2. The summed E-state index contributed by atoms with van der Waals surface area (Å²) in [7, 11) is 0. The predicted octanol–water partition coefficient (Wildman–Crippen LogP) is 3.98. The van der Waals surface area contributed by atoms with Gasteiger partial charge in [-0.2, -0.15) is 0 Å². The Balaban J connectivity index is 1.57. The van der Waals surface area contributed by atoms with Gasteiger partial charge in [-0.15, -0.1) is 0 Å². The molecule has 0 spiro atoms. The number of nitro groups is 1. The Bertz CT molecular complexity index is 852. The lowest BCUT2D eigenvalue weighted by atomic mass is 10.00. The zero-order valence-corrected chi connectivity index (χ0v) is 14.8. The lowest BCUT2D eigenvalue weighted by Crippen LogP contribution is -2.36. The van der Waals surface area contributed by atoms with E-state index < -0.39 is 4.92 Å². The Hall–Kier alpha value is -2.70. The highest BCUT2D eigenvalue weighted by atomic mass is 35.5. The van der Waals surface area contributed by atoms with Gasteiger partial charge in [0.2, 0.25) is 5.91 Å². The second-order valence-electron chi connectivity index (χ2n) is 6.05. The first kappa shape index (κ1) is 18.1. The molecule has 6 nitrogen and oxygen atoms in total. The van der Waals surface area contributed by atoms with Gasteiger partial charge >= 0.3 is 0 Å². The van der Waals surface area contributed by atoms with E-state index in [2.05, 4.69) is 23.5 Å². The van der Waals surface area contributed by atoms with Crippen molar-refractivity contribution in [3.8, 4) is 0 Å². The van der Waals surface area contributed by atoms with Gasteiger partial charge in [-0.25, -0.2) is 0 Å². The van der Waals surface area contributed by atoms with Gasteiger partial charge in [-0.3, -0.25) is 19.8 Å². The summed E-state index contributed by atoms with van der Waals surface area (Å²) in [6, 6.07) is 14.4. The fraction of sp³-hybridized carbons (Fsp3) is 0.211. The van der Waals surface area contributed by atoms with E-state index in [9.17, 15) is 14.9 Å². The van der Waals surface area contributed by atoms with Gasteiger partial charge in [0, 0.05) is 24.8 Å². The van der Waals surface area contributed by atoms with Gasteiger partial charge in [-0.05, 0) is 29.7 Å². The minimum absolute atomic E-state index is 0.0441. The minimum atomic E-state index is -0.571. The van der Waals surface area contributed by atoms with E-state index in [1.54, 1.807) is 6.07 Å². The van der Waals surface area contributed by atoms with Gasteiger partial charge in [0.05, 0.1) is 11.5 Å². The molecule has 1 amide bonds. The number of hydrogen-bond donors (Lipinski definition) is 1. The third kappa shape index (κ3) is 4.47. The van der Waals surface area contributed by atoms with E-state index in [1.807, 2.05) is 23.1 Å². The number of halogens is 1. The van der Waals surface area contributed by atoms with Crippen molar-refractivity contribution in [2.24, 2.45) is 0 Å². The number of amides is 1. The molecule has 1 aliphatic rings. The van der Waals surface area contributed by atoms with Crippen molar-refractivity contribution in [1.82, 2.24) is 4.90 Å². The molecule has 0 aromatic heterocycles. The van der Waals surface area contributed by atoms with Crippen molar-refractivity contribution in [2.45, 2.75) is 6.42 Å². The topological polar surface area (TPSA) is 75.5 Å². The zero-order chi connectivity index (χ0) is 18.5. The molecule has 0 unspecified atom stereocenters. The van der Waals surface area contributed by atoms with Gasteiger partial charge < -0.3 is 5.32 Å². The number of hydrogen-bond acceptors (Lipinski definition) is 4. The summed E-state index contributed by atoms with van der Waals surface area (Å²) < 4.78 is 0. The van der Waals surface area contributed by atoms with Crippen LogP contribution in [0.3, 0.4) is 0 Å². The highest BCUT2D eigenvalue weighted by molar-refractivity contribution is 6.32. The molecule has 1 heterocycles. The number of nitrogens with one attached hydrogen (secondary N) is 1. The average Bonchev–Trinajstić information content (AvgIpc) is 2.64. The van der Waals surface area contributed by atoms with E-state index in [1.165, 1.54) is 23.3 Å². The van der Waals surface area contributed by atoms with Crippen molar-refractivity contribution < 1.29 is 9.72 Å². The molecule has 0 saturated carbocycles. The van der Waals surface area contributed by atoms with Crippen LogP contribution < -0.4 is 5.32 Å². The monoisotopic (exact) mass is 371 g/mol. The number of carbonyl (C=O) groups excluding carboxylic acids is 1. The molecular weight excluding hydrogens is 354 g/mol. The molecule has 0 bridgehead atoms. The van der Waals surface area contributed by atoms with E-state index in [0.717, 1.165) is 13.0 Å². The molecule has 0 aliphatic carbocycles. The van der Waals surface area contributed by atoms with Crippen LogP contribution in [-0.2, 0) is 4.79 Å². The summed E-state index contributed by atoms with van der Waals surface area (Å²) in [6.07, 6.45) is 3.02. The van der Waals surface area contributed by atoms with Crippen LogP contribution in [0.5, 0.6) is 0 Å². The van der Waals surface area contributed by atoms with Crippen LogP contribution in [0.1, 0.15) is 12.0 Å². The SMILES string of the molecule is O=C(CN1CC=C(c2ccccc2)CC1)Nc1ccc(Cl)c([N+](=O)[O-])c1. The Labute approximate surface area is 156 Å². The summed E-state index contributed by atoms with van der Waals surface area (Å²) in [5.41, 5.74) is 2.64. The number of carbonyl (C=O) groups is 1. The summed E-state index contributed by atoms with van der Waals surface area (Å²) in [5, 5.41) is 13.7. The van der Waals surface area contributed by atoms with Crippen LogP contribution in [0.25, 0.3) is 5.57 Å². The molecule has 134 valence electrons. The van der Waals surface area contributed by atoms with E-state index in [-0.39, 0.29) is 23.2 Å². The number of benzene rings is 2. The summed E-state index contributed by atoms with van der Waals surface area (Å²) in [4.78, 5) is 24.6. The normalized spacial score (nSPS) is 14.6. The molecule has 0 atom stereocenters. The molecule has 26 heavy (non-hydrogen) atoms. The third-order valence-electron chi connectivity index (χ3n) is 4.23. The fourth-order valence-corrected chi connectivity index (χ4v) is 3.09. The summed E-state index contributed by atoms with van der Waals surface area (Å²) in [5.74, 6) is -0.210. The first-order valence-corrected chi connectivity index (χ1v) is 8.61. The quantitative estimate of drug-likeness (QED) is 0.637. The molecule has 0 fully saturated rings. The number of nitro benzene ring substituents is 1. The van der Waals surface area contributed by atoms with Crippen LogP contribution in [-0.4, -0.2) is 35.4 Å². The third-order valence-corrected chi connectivity index (χ3v) is 4.55. The Kier molecular flexibility index (Phi) is 5.65. The molecule has 3 rings (SSSR count). The molecular formula is C19H18ClN3O3. The van der Waals surface area contributed by atoms with E-state index in [4.69, 9.17) is 11.6 Å². The zero-order valence-electron chi connectivity index (χ0n) is 14.0. The van der Waals surface area contributed by atoms with Crippen molar-refractivity contribution in [3.05, 3.63) is 75.3 Å². The minimum Gasteiger partial charge on any atom is -0.325 e. The van der Waals surface area contributed by atoms with E-state index >= 15 is 0 Å². The maximum absolute atomic E-state index is 12.2. The maximum atomic E-state index is 12.2. The van der Waals surface area contributed by atoms with Crippen LogP contribution >= 0.6 is 11.6 Å². The second-order valence-corrected chi connectivity index (χ2v) is 6.46. The Morgan fingerprint density at radius 1 is 1.23 bits per heavy atom. The maximum Gasteiger partial charge on any atom is 0.289 e. The Morgan fingerprint density at radius 3 is 2.65 bits per heavy atom. The van der Waals surface area contributed by atoms with Crippen LogP contribution in [0, 0.1) is 10.1 Å². The second kappa shape index (κ2) is 8.12. The fourth-order valence-electron chi connectivity index (χ4n) is 2.90. The van der Waals surface area contributed by atoms with Crippen LogP contribution in [0.15, 0.2) is 54.6 Å². The van der Waals surface area contributed by atoms with Crippen molar-refractivity contribution in [1.29, 1.82) is 0 Å². The molecule has 7 heteroatoms. The highest BCUT2D eigenvalue weighted by Gasteiger charge is 2.17. The molecule has 0 saturated heterocycles. The molecule has 2 aromatic rings. The van der Waals surface area contributed by atoms with E-state index in [0.29, 0.717) is 12.2 Å². The Morgan fingerprint density at radius 2 is 2.00 bits per heavy atom. The summed E-state index contributed by atoms with van der Waals surface area (Å²) in [6.45, 7) is 1.71. The van der Waals surface area contributed by atoms with Crippen LogP contribution in [0.4, 0.5) is 11.4 Å². The molecule has 2 aromatic carbocycles. The average molecular weight is 372 g/mol. The highest BCUT2D eigenvalue weighted by Crippen LogP contribution is 2.27. The van der Waals surface area contributed by atoms with Crippen molar-refractivity contribution >= 4 is 34.5 Å². The smallest absolute Gasteiger partial charge is 0.289 e. The van der Waals surface area contributed by atoms with Crippen molar-refractivity contribution in [2.75, 3.05) is 25.0 Å². The number of anilines is 1. The van der Waals surface area contributed by atoms with Gasteiger partial charge in [0.25, 0.3) is 5.69 Å². The lowest BCUT2D eigenvalue weighted by molar-refractivity contribution is -0.384. The van der Waals surface area contributed by atoms with Crippen LogP contribution in [0.2, 0.25) is 5.02 Å². The predicted molar refractivity (Wildman–Crippen MR) is 102 cm³/mol. The largest absolute Gasteiger partial charge is 0.325 e. The van der Waals surface area contributed by atoms with Gasteiger partial charge in [0.15, 0.2) is 0 Å². The first-order chi connectivity index (χ1) is 12.5. The molecule has 0 radical (unpaired) electrons. The molecule has 1 N–H and O–H groups in total. The standard InChI is InChI=1S/C19H18ClN3O3/c20-17-7-6-16(12-18(17)23(25)26)21-19(24)13-22-10-8-15(9-11-22)14-4-2-1-3-5-14/h1-8,12H,9-11,13H2,(H,21,24). The van der Waals surface area contributed by atoms with Gasteiger partial charge in [-0.1, -0.05) is 48.0 Å². The first-order valence-electron chi connectivity index (χ1n) is 8.23. The van der Waals surface area contributed by atoms with Crippen molar-refractivity contribution in [3.63, 3.8) is 0 Å². The summed E-state index contributed by atoms with van der Waals surface area (Å²) >= 11 is 5.78. The van der Waals surface area contributed by atoms with Gasteiger partial charge in [0.1, 0.15) is 5.02 Å².